The van der Waals surface area contributed by atoms with Crippen LogP contribution < -0.4 is 10.6 Å². The van der Waals surface area contributed by atoms with Crippen LogP contribution in [0, 0.1) is 25.2 Å². The molecule has 55 heavy (non-hydrogen) atoms. The number of halogens is 3. The number of pyridine rings is 1. The first-order valence-electron chi connectivity index (χ1n) is 18.6. The molecule has 3 amide bonds. The van der Waals surface area contributed by atoms with Gasteiger partial charge in [0.2, 0.25) is 17.7 Å². The van der Waals surface area contributed by atoms with Gasteiger partial charge < -0.3 is 15.5 Å². The van der Waals surface area contributed by atoms with Gasteiger partial charge in [-0.1, -0.05) is 25.1 Å². The Morgan fingerprint density at radius 1 is 1.02 bits per heavy atom. The molecule has 2 aliphatic heterocycles. The number of carbonyl (C=O) groups is 4. The van der Waals surface area contributed by atoms with E-state index in [1.54, 1.807) is 12.4 Å². The third kappa shape index (κ3) is 7.35. The van der Waals surface area contributed by atoms with Gasteiger partial charge in [-0.2, -0.15) is 18.3 Å². The summed E-state index contributed by atoms with van der Waals surface area (Å²) in [4.78, 5) is 68.9. The Labute approximate surface area is 316 Å². The van der Waals surface area contributed by atoms with Crippen LogP contribution in [0.15, 0.2) is 48.8 Å². The summed E-state index contributed by atoms with van der Waals surface area (Å²) in [5.41, 5.74) is 2.34. The van der Waals surface area contributed by atoms with Crippen molar-refractivity contribution in [2.24, 2.45) is 11.3 Å². The third-order valence-corrected chi connectivity index (χ3v) is 11.3. The highest BCUT2D eigenvalue weighted by Gasteiger charge is 2.72. The summed E-state index contributed by atoms with van der Waals surface area (Å²) in [6, 6.07) is 4.40. The van der Waals surface area contributed by atoms with E-state index in [1.807, 2.05) is 26.0 Å². The maximum Gasteiger partial charge on any atom is 0.433 e. The molecule has 288 valence electrons. The number of anilines is 1. The average Bonchev–Trinajstić information content (AvgIpc) is 3.39. The van der Waals surface area contributed by atoms with Crippen molar-refractivity contribution in [2.75, 3.05) is 11.9 Å². The van der Waals surface area contributed by atoms with Crippen molar-refractivity contribution >= 4 is 40.2 Å². The second kappa shape index (κ2) is 14.6. The van der Waals surface area contributed by atoms with E-state index < -0.39 is 41.2 Å². The zero-order chi connectivity index (χ0) is 39.2. The van der Waals surface area contributed by atoms with E-state index in [4.69, 9.17) is 0 Å². The van der Waals surface area contributed by atoms with Crippen molar-refractivity contribution in [3.05, 3.63) is 77.0 Å². The van der Waals surface area contributed by atoms with Gasteiger partial charge in [-0.05, 0) is 87.6 Å². The minimum Gasteiger partial charge on any atom is -0.355 e. The Kier molecular flexibility index (Phi) is 10.1. The van der Waals surface area contributed by atoms with E-state index in [0.717, 1.165) is 42.1 Å². The summed E-state index contributed by atoms with van der Waals surface area (Å²) in [7, 11) is 0. The molecule has 3 aliphatic rings. The van der Waals surface area contributed by atoms with E-state index in [9.17, 15) is 32.3 Å². The predicted molar refractivity (Wildman–Crippen MR) is 198 cm³/mol. The number of rotatable bonds is 4. The fraction of sp³-hybridized carbons (Fsp3) is 0.450. The summed E-state index contributed by atoms with van der Waals surface area (Å²) in [6.45, 7) is 6.68. The molecule has 2 bridgehead atoms. The first kappa shape index (κ1) is 37.8. The van der Waals surface area contributed by atoms with Crippen LogP contribution in [-0.2, 0) is 33.5 Å². The number of ketones is 1. The lowest BCUT2D eigenvalue weighted by molar-refractivity contribution is -0.141. The van der Waals surface area contributed by atoms with E-state index in [0.29, 0.717) is 41.4 Å². The van der Waals surface area contributed by atoms with Gasteiger partial charge in [0.1, 0.15) is 29.8 Å². The minimum atomic E-state index is -4.73. The quantitative estimate of drug-likeness (QED) is 0.186. The van der Waals surface area contributed by atoms with Crippen LogP contribution >= 0.6 is 0 Å². The van der Waals surface area contributed by atoms with E-state index in [2.05, 4.69) is 42.8 Å². The summed E-state index contributed by atoms with van der Waals surface area (Å²) < 4.78 is 42.3. The summed E-state index contributed by atoms with van der Waals surface area (Å²) >= 11 is 0. The summed E-state index contributed by atoms with van der Waals surface area (Å²) in [6.07, 6.45) is 6.78. The molecule has 2 unspecified atom stereocenters. The zero-order valence-corrected chi connectivity index (χ0v) is 31.2. The highest BCUT2D eigenvalue weighted by atomic mass is 19.4. The number of aryl methyl sites for hydroxylation is 3. The Hall–Kier alpha value is -5.47. The van der Waals surface area contributed by atoms with Gasteiger partial charge in [0, 0.05) is 48.5 Å². The number of piperidine rings is 1. The van der Waals surface area contributed by atoms with Gasteiger partial charge in [0.05, 0.1) is 23.1 Å². The lowest BCUT2D eigenvalue weighted by Gasteiger charge is -2.28. The topological polar surface area (TPSA) is 152 Å². The molecule has 1 aliphatic carbocycles. The molecular weight excluding hydrogens is 713 g/mol. The van der Waals surface area contributed by atoms with Gasteiger partial charge in [0.25, 0.3) is 0 Å². The van der Waals surface area contributed by atoms with Crippen molar-refractivity contribution in [1.29, 1.82) is 0 Å². The van der Waals surface area contributed by atoms with Crippen molar-refractivity contribution in [2.45, 2.75) is 97.4 Å². The molecule has 7 rings (SSSR count). The Morgan fingerprint density at radius 3 is 2.45 bits per heavy atom. The van der Waals surface area contributed by atoms with Gasteiger partial charge in [-0.3, -0.25) is 33.8 Å². The average molecular weight is 757 g/mol. The fourth-order valence-corrected chi connectivity index (χ4v) is 8.30. The standard InChI is InChI=1S/C40H43F3N8O4/c1-22-13-14-31(40(41,42)43)47-37(22)48-38(55)30-17-39-21-46-32(53)12-10-8-6-5-7-9-11-26-15-27(29-19-44-23(2)18-45-29)16-28-34(25(4)52)49-50(35(26)28)20-33(54)51(30)36(39)24(39)3/h5-6,13-16,18-19,24,30,36H,7-12,17,20-21H2,1-4H3,(H,46,53)(H,47,48,55)/b6-5+/t24?,30-,36?,39+/m0/s1. The van der Waals surface area contributed by atoms with Crippen LogP contribution in [0.1, 0.15) is 85.4 Å². The largest absolute Gasteiger partial charge is 0.433 e. The molecule has 1 saturated heterocycles. The van der Waals surface area contributed by atoms with Crippen LogP contribution in [0.4, 0.5) is 19.0 Å². The number of allylic oxidation sites excluding steroid dienone is 2. The minimum absolute atomic E-state index is 0.0846. The maximum absolute atomic E-state index is 14.6. The first-order valence-corrected chi connectivity index (χ1v) is 18.6. The molecule has 4 aromatic rings. The number of aromatic nitrogens is 5. The van der Waals surface area contributed by atoms with Crippen molar-refractivity contribution in [3.63, 3.8) is 0 Å². The number of benzene rings is 1. The van der Waals surface area contributed by atoms with Crippen molar-refractivity contribution < 1.29 is 32.3 Å². The highest BCUT2D eigenvalue weighted by molar-refractivity contribution is 6.07. The summed E-state index contributed by atoms with van der Waals surface area (Å²) in [5.74, 6) is -1.88. The molecule has 1 aromatic carbocycles. The molecule has 12 nitrogen and oxygen atoms in total. The predicted octanol–water partition coefficient (Wildman–Crippen LogP) is 6.15. The van der Waals surface area contributed by atoms with Crippen LogP contribution in [0.2, 0.25) is 0 Å². The number of alkyl halides is 3. The molecule has 2 N–H and O–H groups in total. The lowest BCUT2D eigenvalue weighted by Crippen LogP contribution is -2.47. The number of hydrogen-bond donors (Lipinski definition) is 2. The van der Waals surface area contributed by atoms with Crippen molar-refractivity contribution in [3.8, 4) is 11.3 Å². The van der Waals surface area contributed by atoms with Gasteiger partial charge in [-0.15, -0.1) is 0 Å². The summed E-state index contributed by atoms with van der Waals surface area (Å²) in [5, 5.41) is 10.9. The number of carbonyl (C=O) groups excluding carboxylic acids is 4. The van der Waals surface area contributed by atoms with Crippen LogP contribution in [0.3, 0.4) is 0 Å². The zero-order valence-electron chi connectivity index (χ0n) is 31.2. The van der Waals surface area contributed by atoms with Crippen LogP contribution in [0.5, 0.6) is 0 Å². The Bertz CT molecular complexity index is 2220. The third-order valence-electron chi connectivity index (χ3n) is 11.3. The van der Waals surface area contributed by atoms with Gasteiger partial charge in [0.15, 0.2) is 5.78 Å². The molecular formula is C40H43F3N8O4. The molecule has 2 fully saturated rings. The Morgan fingerprint density at radius 2 is 1.76 bits per heavy atom. The molecule has 1 saturated carbocycles. The molecule has 15 heteroatoms. The molecule has 0 radical (unpaired) electrons. The van der Waals surface area contributed by atoms with E-state index >= 15 is 0 Å². The second-order valence-corrected chi connectivity index (χ2v) is 15.0. The normalized spacial score (nSPS) is 24.0. The fourth-order valence-electron chi connectivity index (χ4n) is 8.30. The molecule has 3 aromatic heterocycles. The second-order valence-electron chi connectivity index (χ2n) is 15.0. The van der Waals surface area contributed by atoms with Crippen LogP contribution in [0.25, 0.3) is 22.2 Å². The van der Waals surface area contributed by atoms with E-state index in [1.165, 1.54) is 29.5 Å². The smallest absolute Gasteiger partial charge is 0.355 e. The molecule has 4 atom stereocenters. The Balaban J connectivity index is 1.30. The van der Waals surface area contributed by atoms with Crippen LogP contribution in [-0.4, -0.2) is 71.8 Å². The molecule has 5 heterocycles. The number of Topliss-reactive ketones (excluding diaryl/α,β-unsaturated/α-hetero) is 1. The van der Waals surface area contributed by atoms with Crippen molar-refractivity contribution in [1.82, 2.24) is 34.9 Å². The SMILES string of the molecule is CC(=O)c1nn2c3c(cc(-c4cnc(C)cn4)cc13)CCC/C=C/CCCC(=O)NC[C@@]13C[C@@H](C(=O)Nc4nc(C(F)(F)F)ccc4C)N(C(=O)C2)C1C3C. The lowest BCUT2D eigenvalue weighted by atomic mass is 9.95. The number of hydrogen-bond acceptors (Lipinski definition) is 8. The van der Waals surface area contributed by atoms with E-state index in [-0.39, 0.29) is 48.6 Å². The van der Waals surface area contributed by atoms with Gasteiger partial charge in [-0.25, -0.2) is 4.98 Å². The monoisotopic (exact) mass is 756 g/mol. The highest BCUT2D eigenvalue weighted by Crippen LogP contribution is 2.64. The molecule has 0 spiro atoms. The first-order chi connectivity index (χ1) is 26.2. The van der Waals surface area contributed by atoms with Gasteiger partial charge >= 0.3 is 6.18 Å². The number of amides is 3. The number of nitrogens with zero attached hydrogens (tertiary/aromatic N) is 6. The maximum atomic E-state index is 14.6. The number of nitrogens with one attached hydrogen (secondary N) is 2.